The normalized spacial score (nSPS) is 15.3. The largest absolute Gasteiger partial charge is 0.454 e. The second-order valence-electron chi connectivity index (χ2n) is 9.94. The van der Waals surface area contributed by atoms with E-state index in [2.05, 4.69) is 31.0 Å². The predicted octanol–water partition coefficient (Wildman–Crippen LogP) is 7.57. The van der Waals surface area contributed by atoms with Crippen molar-refractivity contribution < 1.29 is 18.7 Å². The first-order valence-corrected chi connectivity index (χ1v) is 13.0. The van der Waals surface area contributed by atoms with Crippen molar-refractivity contribution in [1.82, 2.24) is 4.90 Å². The lowest BCUT2D eigenvalue weighted by atomic mass is 9.79. The molecule has 1 fully saturated rings. The summed E-state index contributed by atoms with van der Waals surface area (Å²) >= 11 is 11.9. The molecule has 0 spiro atoms. The van der Waals surface area contributed by atoms with E-state index >= 15 is 0 Å². The van der Waals surface area contributed by atoms with Crippen LogP contribution in [0.5, 0.6) is 11.5 Å². The lowest BCUT2D eigenvalue weighted by Gasteiger charge is -2.37. The number of hydrogen-bond acceptors (Lipinski definition) is 4. The summed E-state index contributed by atoms with van der Waals surface area (Å²) in [7, 11) is 0. The zero-order valence-corrected chi connectivity index (χ0v) is 22.7. The first-order chi connectivity index (χ1) is 17.6. The van der Waals surface area contributed by atoms with Crippen LogP contribution in [0.15, 0.2) is 60.7 Å². The van der Waals surface area contributed by atoms with Crippen LogP contribution in [0, 0.1) is 5.82 Å². The summed E-state index contributed by atoms with van der Waals surface area (Å²) in [4.78, 5) is 14.9. The van der Waals surface area contributed by atoms with Crippen LogP contribution in [0.25, 0.3) is 0 Å². The number of nitrogens with zero attached hydrogens (tertiary/aromatic N) is 1. The fraction of sp³-hybridized carbons (Fsp3) is 0.345. The van der Waals surface area contributed by atoms with Crippen molar-refractivity contribution in [2.45, 2.75) is 38.6 Å². The number of morpholine rings is 1. The molecule has 196 valence electrons. The molecule has 1 atom stereocenters. The Balaban J connectivity index is 1.38. The molecule has 1 amide bonds. The van der Waals surface area contributed by atoms with Crippen LogP contribution in [-0.2, 0) is 10.2 Å². The van der Waals surface area contributed by atoms with E-state index in [1.54, 1.807) is 12.1 Å². The van der Waals surface area contributed by atoms with Gasteiger partial charge in [0, 0.05) is 36.4 Å². The molecule has 4 rings (SSSR count). The van der Waals surface area contributed by atoms with Gasteiger partial charge in [0.25, 0.3) is 5.91 Å². The Hall–Kier alpha value is -2.64. The van der Waals surface area contributed by atoms with Gasteiger partial charge in [-0.15, -0.1) is 0 Å². The fourth-order valence-electron chi connectivity index (χ4n) is 4.61. The number of hydrogen-bond donors (Lipinski definition) is 1. The minimum atomic E-state index is -0.587. The topological polar surface area (TPSA) is 50.8 Å². The van der Waals surface area contributed by atoms with Crippen molar-refractivity contribution in [1.29, 1.82) is 0 Å². The van der Waals surface area contributed by atoms with E-state index in [0.29, 0.717) is 28.1 Å². The van der Waals surface area contributed by atoms with Crippen LogP contribution in [0.1, 0.15) is 43.1 Å². The monoisotopic (exact) mass is 544 g/mol. The molecule has 8 heteroatoms. The van der Waals surface area contributed by atoms with Gasteiger partial charge in [-0.05, 0) is 66.8 Å². The number of ether oxygens (including phenoxy) is 2. The van der Waals surface area contributed by atoms with Gasteiger partial charge < -0.3 is 14.8 Å². The number of halogens is 3. The lowest BCUT2D eigenvalue weighted by molar-refractivity contribution is 0.0148. The van der Waals surface area contributed by atoms with Crippen LogP contribution in [0.4, 0.5) is 10.1 Å². The summed E-state index contributed by atoms with van der Waals surface area (Å²) in [5.41, 5.74) is 1.78. The molecule has 0 radical (unpaired) electrons. The number of carbonyl (C=O) groups is 1. The van der Waals surface area contributed by atoms with Gasteiger partial charge in [0.2, 0.25) is 0 Å². The van der Waals surface area contributed by atoms with Crippen molar-refractivity contribution in [3.63, 3.8) is 0 Å². The molecule has 1 saturated heterocycles. The Bertz CT molecular complexity index is 1240. The van der Waals surface area contributed by atoms with E-state index in [1.807, 2.05) is 24.3 Å². The van der Waals surface area contributed by atoms with Crippen molar-refractivity contribution in [2.24, 2.45) is 0 Å². The molecule has 1 heterocycles. The highest BCUT2D eigenvalue weighted by atomic mass is 35.5. The van der Waals surface area contributed by atoms with Gasteiger partial charge in [-0.1, -0.05) is 49.2 Å². The Morgan fingerprint density at radius 3 is 2.41 bits per heavy atom. The van der Waals surface area contributed by atoms with Crippen LogP contribution < -0.4 is 10.1 Å². The summed E-state index contributed by atoms with van der Waals surface area (Å²) in [6.07, 6.45) is 1.01. The van der Waals surface area contributed by atoms with Crippen LogP contribution >= 0.6 is 23.2 Å². The van der Waals surface area contributed by atoms with Gasteiger partial charge in [0.15, 0.2) is 11.6 Å². The maximum absolute atomic E-state index is 14.8. The van der Waals surface area contributed by atoms with Crippen LogP contribution in [-0.4, -0.2) is 43.2 Å². The SMILES string of the molecule is CC(CC(C)(C)c1ccc(Oc2ccc(NC(=O)c3ccc(Cl)c(Cl)c3)cc2F)cc1)N1CCOCC1. The van der Waals surface area contributed by atoms with E-state index in [9.17, 15) is 9.18 Å². The highest BCUT2D eigenvalue weighted by molar-refractivity contribution is 6.42. The Kier molecular flexibility index (Phi) is 8.75. The molecule has 0 saturated carbocycles. The number of rotatable bonds is 8. The summed E-state index contributed by atoms with van der Waals surface area (Å²) < 4.78 is 26.0. The first kappa shape index (κ1) is 27.4. The molecular weight excluding hydrogens is 514 g/mol. The van der Waals surface area contributed by atoms with Crippen LogP contribution in [0.2, 0.25) is 10.0 Å². The molecule has 0 bridgehead atoms. The number of amides is 1. The molecule has 0 aromatic heterocycles. The van der Waals surface area contributed by atoms with Gasteiger partial charge in [-0.25, -0.2) is 4.39 Å². The van der Waals surface area contributed by atoms with E-state index in [0.717, 1.165) is 32.7 Å². The highest BCUT2D eigenvalue weighted by Gasteiger charge is 2.27. The summed E-state index contributed by atoms with van der Waals surface area (Å²) in [6.45, 7) is 10.3. The van der Waals surface area contributed by atoms with Gasteiger partial charge >= 0.3 is 0 Å². The maximum Gasteiger partial charge on any atom is 0.255 e. The predicted molar refractivity (Wildman–Crippen MR) is 147 cm³/mol. The smallest absolute Gasteiger partial charge is 0.255 e. The zero-order valence-electron chi connectivity index (χ0n) is 21.2. The molecule has 1 unspecified atom stereocenters. The Morgan fingerprint density at radius 2 is 1.76 bits per heavy atom. The summed E-state index contributed by atoms with van der Waals surface area (Å²) in [6, 6.07) is 17.1. The third-order valence-corrected chi connectivity index (χ3v) is 7.45. The van der Waals surface area contributed by atoms with Crippen molar-refractivity contribution in [3.8, 4) is 11.5 Å². The molecule has 5 nitrogen and oxygen atoms in total. The second-order valence-corrected chi connectivity index (χ2v) is 10.8. The molecule has 37 heavy (non-hydrogen) atoms. The number of anilines is 1. The van der Waals surface area contributed by atoms with Crippen molar-refractivity contribution in [2.75, 3.05) is 31.6 Å². The van der Waals surface area contributed by atoms with Crippen molar-refractivity contribution in [3.05, 3.63) is 87.7 Å². The van der Waals surface area contributed by atoms with E-state index < -0.39 is 11.7 Å². The standard InChI is InChI=1S/C29H31Cl2FN2O3/c1-19(34-12-14-36-15-13-34)18-29(2,3)21-5-8-23(9-6-21)37-27-11-7-22(17-26(27)32)33-28(35)20-4-10-24(30)25(31)16-20/h4-11,16-17,19H,12-15,18H2,1-3H3,(H,33,35). The minimum absolute atomic E-state index is 0.0321. The fourth-order valence-corrected chi connectivity index (χ4v) is 4.90. The highest BCUT2D eigenvalue weighted by Crippen LogP contribution is 2.33. The quantitative estimate of drug-likeness (QED) is 0.317. The average molecular weight is 545 g/mol. The van der Waals surface area contributed by atoms with Gasteiger partial charge in [0.1, 0.15) is 5.75 Å². The Labute approximate surface area is 227 Å². The van der Waals surface area contributed by atoms with E-state index in [4.69, 9.17) is 32.7 Å². The zero-order chi connectivity index (χ0) is 26.6. The van der Waals surface area contributed by atoms with Gasteiger partial charge in [-0.3, -0.25) is 9.69 Å². The minimum Gasteiger partial charge on any atom is -0.454 e. The molecule has 1 aliphatic heterocycles. The molecule has 3 aromatic rings. The summed E-state index contributed by atoms with van der Waals surface area (Å²) in [5.74, 6) is -0.406. The maximum atomic E-state index is 14.8. The van der Waals surface area contributed by atoms with Crippen molar-refractivity contribution >= 4 is 34.8 Å². The summed E-state index contributed by atoms with van der Waals surface area (Å²) in [5, 5.41) is 3.27. The molecule has 0 aliphatic carbocycles. The third kappa shape index (κ3) is 7.02. The number of nitrogens with one attached hydrogen (secondary N) is 1. The molecular formula is C29H31Cl2FN2O3. The van der Waals surface area contributed by atoms with E-state index in [-0.39, 0.29) is 16.2 Å². The first-order valence-electron chi connectivity index (χ1n) is 12.3. The lowest BCUT2D eigenvalue weighted by Crippen LogP contribution is -2.44. The molecule has 1 aliphatic rings. The average Bonchev–Trinajstić information content (AvgIpc) is 2.88. The van der Waals surface area contributed by atoms with Crippen LogP contribution in [0.3, 0.4) is 0 Å². The van der Waals surface area contributed by atoms with Gasteiger partial charge in [0.05, 0.1) is 23.3 Å². The van der Waals surface area contributed by atoms with Gasteiger partial charge in [-0.2, -0.15) is 0 Å². The molecule has 3 aromatic carbocycles. The second kappa shape index (κ2) is 11.8. The molecule has 1 N–H and O–H groups in total. The van der Waals surface area contributed by atoms with E-state index in [1.165, 1.54) is 29.8 Å². The Morgan fingerprint density at radius 1 is 1.05 bits per heavy atom. The third-order valence-electron chi connectivity index (χ3n) is 6.71. The number of benzene rings is 3. The number of carbonyl (C=O) groups excluding carboxylic acids is 1.